The van der Waals surface area contributed by atoms with Gasteiger partial charge in [0.15, 0.2) is 0 Å². The van der Waals surface area contributed by atoms with Crippen molar-refractivity contribution in [3.05, 3.63) is 83.9 Å². The number of rotatable bonds is 10. The molecule has 202 valence electrons. The van der Waals surface area contributed by atoms with E-state index >= 15 is 0 Å². The molecule has 5 aromatic carbocycles. The Kier molecular flexibility index (Phi) is 7.24. The molecule has 40 heavy (non-hydrogen) atoms. The molecule has 2 heteroatoms. The summed E-state index contributed by atoms with van der Waals surface area (Å²) in [4.78, 5) is 0. The van der Waals surface area contributed by atoms with Crippen molar-refractivity contribution in [2.45, 2.75) is 78.1 Å². The average Bonchev–Trinajstić information content (AvgIpc) is 3.50. The molecule has 0 fully saturated rings. The molecule has 0 amide bonds. The third-order valence-electron chi connectivity index (χ3n) is 8.84. The Labute approximate surface area is 245 Å². The molecule has 0 atom stereocenters. The van der Waals surface area contributed by atoms with Crippen LogP contribution in [0.1, 0.15) is 76.3 Å². The van der Waals surface area contributed by atoms with Gasteiger partial charge in [0.25, 0.3) is 0 Å². The van der Waals surface area contributed by atoms with Crippen LogP contribution in [0.25, 0.3) is 61.9 Å². The molecule has 2 aromatic heterocycles. The maximum Gasteiger partial charge on any atom is 0.0362 e. The smallest absolute Gasteiger partial charge is 0.0362 e. The van der Waals surface area contributed by atoms with Crippen LogP contribution in [0.15, 0.2) is 72.8 Å². The highest BCUT2D eigenvalue weighted by Crippen LogP contribution is 2.43. The zero-order valence-corrected chi connectivity index (χ0v) is 25.4. The first-order chi connectivity index (χ1) is 19.7. The largest absolute Gasteiger partial charge is 0.135 e. The van der Waals surface area contributed by atoms with E-state index in [2.05, 4.69) is 86.6 Å². The lowest BCUT2D eigenvalue weighted by Gasteiger charge is -2.05. The van der Waals surface area contributed by atoms with Crippen molar-refractivity contribution in [1.82, 2.24) is 0 Å². The van der Waals surface area contributed by atoms with Crippen LogP contribution in [0.5, 0.6) is 0 Å². The molecule has 0 aliphatic carbocycles. The summed E-state index contributed by atoms with van der Waals surface area (Å²) >= 11 is 3.90. The van der Waals surface area contributed by atoms with Crippen LogP contribution in [0.2, 0.25) is 0 Å². The van der Waals surface area contributed by atoms with Crippen LogP contribution in [0.3, 0.4) is 0 Å². The van der Waals surface area contributed by atoms with E-state index in [-0.39, 0.29) is 0 Å². The second-order valence-electron chi connectivity index (χ2n) is 11.7. The third-order valence-corrected chi connectivity index (χ3v) is 11.1. The molecule has 0 N–H and O–H groups in total. The lowest BCUT2D eigenvalue weighted by molar-refractivity contribution is 0.575. The van der Waals surface area contributed by atoms with E-state index in [1.807, 2.05) is 22.7 Å². The van der Waals surface area contributed by atoms with Crippen molar-refractivity contribution in [3.63, 3.8) is 0 Å². The van der Waals surface area contributed by atoms with Crippen molar-refractivity contribution in [2.75, 3.05) is 0 Å². The minimum Gasteiger partial charge on any atom is -0.135 e. The van der Waals surface area contributed by atoms with Crippen LogP contribution in [0, 0.1) is 0 Å². The van der Waals surface area contributed by atoms with Crippen LogP contribution in [-0.4, -0.2) is 0 Å². The average molecular weight is 559 g/mol. The molecule has 0 bridgehead atoms. The fraction of sp³-hybridized carbons (Fsp3) is 0.316. The normalized spacial score (nSPS) is 12.2. The van der Waals surface area contributed by atoms with E-state index in [1.165, 1.54) is 131 Å². The summed E-state index contributed by atoms with van der Waals surface area (Å²) in [5, 5.41) is 11.1. The van der Waals surface area contributed by atoms with Crippen molar-refractivity contribution in [1.29, 1.82) is 0 Å². The van der Waals surface area contributed by atoms with E-state index in [4.69, 9.17) is 0 Å². The van der Waals surface area contributed by atoms with Crippen LogP contribution >= 0.6 is 22.7 Å². The van der Waals surface area contributed by atoms with Gasteiger partial charge in [0.05, 0.1) is 0 Å². The molecule has 0 spiro atoms. The predicted octanol–water partition coefficient (Wildman–Crippen LogP) is 13.0. The molecule has 0 radical (unpaired) electrons. The Balaban J connectivity index is 1.18. The number of hydrogen-bond acceptors (Lipinski definition) is 2. The predicted molar refractivity (Wildman–Crippen MR) is 183 cm³/mol. The highest BCUT2D eigenvalue weighted by molar-refractivity contribution is 7.27. The summed E-state index contributed by atoms with van der Waals surface area (Å²) in [7, 11) is 0. The van der Waals surface area contributed by atoms with Gasteiger partial charge in [0.2, 0.25) is 0 Å². The molecule has 0 unspecified atom stereocenters. The fourth-order valence-electron chi connectivity index (χ4n) is 6.47. The summed E-state index contributed by atoms with van der Waals surface area (Å²) in [5.74, 6) is 0. The lowest BCUT2D eigenvalue weighted by Crippen LogP contribution is -1.87. The van der Waals surface area contributed by atoms with Crippen LogP contribution in [-0.2, 0) is 12.8 Å². The number of hydrogen-bond donors (Lipinski definition) is 0. The first kappa shape index (κ1) is 26.0. The Hall–Kier alpha value is -2.94. The number of benzene rings is 5. The Bertz CT molecular complexity index is 1980. The van der Waals surface area contributed by atoms with Gasteiger partial charge in [0, 0.05) is 40.3 Å². The summed E-state index contributed by atoms with van der Waals surface area (Å²) in [5.41, 5.74) is 2.90. The van der Waals surface area contributed by atoms with Crippen molar-refractivity contribution < 1.29 is 0 Å². The zero-order chi connectivity index (χ0) is 27.1. The van der Waals surface area contributed by atoms with E-state index in [0.29, 0.717) is 0 Å². The van der Waals surface area contributed by atoms with Gasteiger partial charge in [-0.25, -0.2) is 0 Å². The Morgan fingerprint density at radius 1 is 0.425 bits per heavy atom. The van der Waals surface area contributed by atoms with E-state index in [0.717, 1.165) is 6.42 Å². The molecular weight excluding hydrogens is 521 g/mol. The van der Waals surface area contributed by atoms with Gasteiger partial charge in [-0.15, -0.1) is 22.7 Å². The maximum absolute atomic E-state index is 2.46. The quantitative estimate of drug-likeness (QED) is 0.146. The third kappa shape index (κ3) is 4.91. The second-order valence-corrected chi connectivity index (χ2v) is 13.9. The standard InChI is InChI=1S/C38H38S2/c1-3-5-6-7-8-9-10-11-12-26-14-16-28-20-32-34-24-37-33(23-38(34)40-36(32)22-30(28)18-26)31-19-27-15-13-25(4-2)17-29(27)21-35(31)39-37/h13-24H,3-12H2,1-2H3. The number of fused-ring (bicyclic) bond motifs is 8. The SMILES string of the molecule is CCCCCCCCCCc1ccc2cc3c(cc2c1)sc1cc2c(cc13)sc1cc3cc(CC)ccc3cc12. The molecular formula is C38H38S2. The van der Waals surface area contributed by atoms with Crippen molar-refractivity contribution in [3.8, 4) is 0 Å². The van der Waals surface area contributed by atoms with Crippen molar-refractivity contribution >= 4 is 84.6 Å². The van der Waals surface area contributed by atoms with Crippen LogP contribution < -0.4 is 0 Å². The van der Waals surface area contributed by atoms with Gasteiger partial charge in [-0.05, 0) is 88.3 Å². The minimum absolute atomic E-state index is 1.08. The first-order valence-electron chi connectivity index (χ1n) is 15.4. The van der Waals surface area contributed by atoms with Gasteiger partial charge >= 0.3 is 0 Å². The summed E-state index contributed by atoms with van der Waals surface area (Å²) in [6.07, 6.45) is 13.3. The molecule has 0 aliphatic heterocycles. The molecule has 0 saturated heterocycles. The van der Waals surface area contributed by atoms with E-state index in [9.17, 15) is 0 Å². The fourth-order valence-corrected chi connectivity index (χ4v) is 8.78. The van der Waals surface area contributed by atoms with Gasteiger partial charge in [-0.3, -0.25) is 0 Å². The lowest BCUT2D eigenvalue weighted by atomic mass is 10.00. The summed E-state index contributed by atoms with van der Waals surface area (Å²) < 4.78 is 5.60. The van der Waals surface area contributed by atoms with E-state index < -0.39 is 0 Å². The Morgan fingerprint density at radius 2 is 0.900 bits per heavy atom. The van der Waals surface area contributed by atoms with Gasteiger partial charge in [-0.2, -0.15) is 0 Å². The zero-order valence-electron chi connectivity index (χ0n) is 23.8. The highest BCUT2D eigenvalue weighted by atomic mass is 32.1. The number of unbranched alkanes of at least 4 members (excludes halogenated alkanes) is 7. The maximum atomic E-state index is 2.46. The molecule has 0 aliphatic rings. The van der Waals surface area contributed by atoms with Gasteiger partial charge < -0.3 is 0 Å². The van der Waals surface area contributed by atoms with Gasteiger partial charge in [-0.1, -0.05) is 95.2 Å². The summed E-state index contributed by atoms with van der Waals surface area (Å²) in [6.45, 7) is 4.53. The van der Waals surface area contributed by atoms with Crippen LogP contribution in [0.4, 0.5) is 0 Å². The van der Waals surface area contributed by atoms with Gasteiger partial charge in [0.1, 0.15) is 0 Å². The molecule has 0 nitrogen and oxygen atoms in total. The topological polar surface area (TPSA) is 0 Å². The Morgan fingerprint density at radius 3 is 1.48 bits per heavy atom. The molecule has 7 rings (SSSR count). The first-order valence-corrected chi connectivity index (χ1v) is 17.0. The summed E-state index contributed by atoms with van der Waals surface area (Å²) in [6, 6.07) is 28.7. The second kappa shape index (κ2) is 11.1. The number of aryl methyl sites for hydroxylation is 2. The molecule has 0 saturated carbocycles. The molecule has 2 heterocycles. The monoisotopic (exact) mass is 558 g/mol. The minimum atomic E-state index is 1.08. The molecule has 7 aromatic rings. The number of thiophene rings is 2. The van der Waals surface area contributed by atoms with Crippen molar-refractivity contribution in [2.24, 2.45) is 0 Å². The highest BCUT2D eigenvalue weighted by Gasteiger charge is 2.13. The van der Waals surface area contributed by atoms with E-state index in [1.54, 1.807) is 0 Å².